The summed E-state index contributed by atoms with van der Waals surface area (Å²) in [5.41, 5.74) is 4.11. The molecule has 0 aliphatic carbocycles. The number of carbonyl (C=O) groups excluding carboxylic acids is 1. The second kappa shape index (κ2) is 7.18. The number of carbonyl (C=O) groups is 1. The Labute approximate surface area is 143 Å². The summed E-state index contributed by atoms with van der Waals surface area (Å²) in [4.78, 5) is 14.5. The average molecular weight is 326 g/mol. The Morgan fingerprint density at radius 1 is 1.38 bits per heavy atom. The molecule has 0 saturated carbocycles. The van der Waals surface area contributed by atoms with E-state index in [-0.39, 0.29) is 5.91 Å². The highest BCUT2D eigenvalue weighted by Gasteiger charge is 2.19. The first-order valence-electron chi connectivity index (χ1n) is 8.60. The molecule has 1 aliphatic rings. The molecule has 1 N–H and O–H groups in total. The van der Waals surface area contributed by atoms with Gasteiger partial charge < -0.3 is 10.2 Å². The summed E-state index contributed by atoms with van der Waals surface area (Å²) >= 11 is 0. The van der Waals surface area contributed by atoms with Crippen LogP contribution >= 0.6 is 0 Å². The third-order valence-corrected chi connectivity index (χ3v) is 4.79. The molecule has 2 heterocycles. The lowest BCUT2D eigenvalue weighted by atomic mass is 9.89. The lowest BCUT2D eigenvalue weighted by Crippen LogP contribution is -2.28. The van der Waals surface area contributed by atoms with E-state index in [1.807, 2.05) is 39.3 Å². The van der Waals surface area contributed by atoms with Crippen LogP contribution in [-0.2, 0) is 13.6 Å². The van der Waals surface area contributed by atoms with Gasteiger partial charge in [0.1, 0.15) is 0 Å². The van der Waals surface area contributed by atoms with Gasteiger partial charge in [0.15, 0.2) is 0 Å². The topological polar surface area (TPSA) is 50.2 Å². The summed E-state index contributed by atoms with van der Waals surface area (Å²) in [6.45, 7) is 4.67. The van der Waals surface area contributed by atoms with E-state index in [0.717, 1.165) is 42.8 Å². The molecule has 1 amide bonds. The van der Waals surface area contributed by atoms with Crippen LogP contribution in [0.5, 0.6) is 0 Å². The molecular weight excluding hydrogens is 300 g/mol. The van der Waals surface area contributed by atoms with Crippen LogP contribution < -0.4 is 5.32 Å². The van der Waals surface area contributed by atoms with E-state index in [2.05, 4.69) is 22.5 Å². The van der Waals surface area contributed by atoms with E-state index in [1.54, 1.807) is 9.58 Å². The zero-order chi connectivity index (χ0) is 17.1. The molecular formula is C19H26N4O. The molecule has 1 aromatic carbocycles. The number of aryl methyl sites for hydroxylation is 2. The molecule has 1 fully saturated rings. The van der Waals surface area contributed by atoms with Gasteiger partial charge in [-0.1, -0.05) is 12.1 Å². The number of benzene rings is 1. The standard InChI is InChI=1S/C19H26N4O/c1-14-12-23(3)21-18(14)13-22(2)19(24)17-6-4-5-16(11-17)15-7-9-20-10-8-15/h4-6,11-12,15,20H,7-10,13H2,1-3H3. The Morgan fingerprint density at radius 3 is 2.79 bits per heavy atom. The first-order chi connectivity index (χ1) is 11.5. The van der Waals surface area contributed by atoms with Crippen molar-refractivity contribution in [1.29, 1.82) is 0 Å². The zero-order valence-electron chi connectivity index (χ0n) is 14.7. The molecule has 24 heavy (non-hydrogen) atoms. The third-order valence-electron chi connectivity index (χ3n) is 4.79. The van der Waals surface area contributed by atoms with Gasteiger partial charge in [0.05, 0.1) is 12.2 Å². The molecule has 0 unspecified atom stereocenters. The van der Waals surface area contributed by atoms with Crippen molar-refractivity contribution in [2.75, 3.05) is 20.1 Å². The van der Waals surface area contributed by atoms with E-state index >= 15 is 0 Å². The van der Waals surface area contributed by atoms with Crippen molar-refractivity contribution in [3.8, 4) is 0 Å². The Kier molecular flexibility index (Phi) is 5.00. The van der Waals surface area contributed by atoms with E-state index < -0.39 is 0 Å². The molecule has 3 rings (SSSR count). The van der Waals surface area contributed by atoms with E-state index in [1.165, 1.54) is 5.56 Å². The number of piperidine rings is 1. The van der Waals surface area contributed by atoms with Crippen LogP contribution in [0.3, 0.4) is 0 Å². The van der Waals surface area contributed by atoms with Gasteiger partial charge >= 0.3 is 0 Å². The molecule has 2 aromatic rings. The average Bonchev–Trinajstić information content (AvgIpc) is 2.92. The number of nitrogens with zero attached hydrogens (tertiary/aromatic N) is 3. The van der Waals surface area contributed by atoms with Crippen LogP contribution in [0.4, 0.5) is 0 Å². The van der Waals surface area contributed by atoms with Crippen LogP contribution in [-0.4, -0.2) is 40.7 Å². The summed E-state index contributed by atoms with van der Waals surface area (Å²) in [7, 11) is 3.74. The largest absolute Gasteiger partial charge is 0.336 e. The monoisotopic (exact) mass is 326 g/mol. The molecule has 1 aliphatic heterocycles. The lowest BCUT2D eigenvalue weighted by molar-refractivity contribution is 0.0783. The number of nitrogens with one attached hydrogen (secondary N) is 1. The molecule has 128 valence electrons. The first kappa shape index (κ1) is 16.7. The van der Waals surface area contributed by atoms with Gasteiger partial charge in [-0.15, -0.1) is 0 Å². The lowest BCUT2D eigenvalue weighted by Gasteiger charge is -2.24. The zero-order valence-corrected chi connectivity index (χ0v) is 14.7. The maximum Gasteiger partial charge on any atom is 0.253 e. The molecule has 0 bridgehead atoms. The normalized spacial score (nSPS) is 15.5. The summed E-state index contributed by atoms with van der Waals surface area (Å²) in [5.74, 6) is 0.609. The number of hydrogen-bond acceptors (Lipinski definition) is 3. The Morgan fingerprint density at radius 2 is 2.12 bits per heavy atom. The maximum absolute atomic E-state index is 12.8. The third kappa shape index (κ3) is 3.67. The van der Waals surface area contributed by atoms with Crippen molar-refractivity contribution >= 4 is 5.91 Å². The summed E-state index contributed by atoms with van der Waals surface area (Å²) in [6, 6.07) is 8.13. The highest BCUT2D eigenvalue weighted by molar-refractivity contribution is 5.94. The number of aromatic nitrogens is 2. The minimum atomic E-state index is 0.0517. The SMILES string of the molecule is Cc1cn(C)nc1CN(C)C(=O)c1cccc(C2CCNCC2)c1. The van der Waals surface area contributed by atoms with Gasteiger partial charge in [-0.2, -0.15) is 5.10 Å². The quantitative estimate of drug-likeness (QED) is 0.939. The van der Waals surface area contributed by atoms with Crippen molar-refractivity contribution in [2.24, 2.45) is 7.05 Å². The van der Waals surface area contributed by atoms with E-state index in [9.17, 15) is 4.79 Å². The predicted octanol–water partition coefficient (Wildman–Crippen LogP) is 2.47. The molecule has 5 nitrogen and oxygen atoms in total. The van der Waals surface area contributed by atoms with Crippen molar-refractivity contribution in [3.05, 3.63) is 52.8 Å². The summed E-state index contributed by atoms with van der Waals surface area (Å²) in [6.07, 6.45) is 4.26. The fourth-order valence-electron chi connectivity index (χ4n) is 3.41. The second-order valence-corrected chi connectivity index (χ2v) is 6.74. The van der Waals surface area contributed by atoms with Crippen molar-refractivity contribution in [1.82, 2.24) is 20.0 Å². The number of hydrogen-bond donors (Lipinski definition) is 1. The van der Waals surface area contributed by atoms with Crippen molar-refractivity contribution < 1.29 is 4.79 Å². The Bertz CT molecular complexity index is 716. The number of rotatable bonds is 4. The molecule has 0 radical (unpaired) electrons. The highest BCUT2D eigenvalue weighted by atomic mass is 16.2. The summed E-state index contributed by atoms with van der Waals surface area (Å²) in [5, 5.41) is 7.82. The van der Waals surface area contributed by atoms with Gasteiger partial charge in [0.2, 0.25) is 0 Å². The molecule has 1 aromatic heterocycles. The molecule has 0 spiro atoms. The van der Waals surface area contributed by atoms with Gasteiger partial charge in [0, 0.05) is 25.9 Å². The first-order valence-corrected chi connectivity index (χ1v) is 8.60. The predicted molar refractivity (Wildman–Crippen MR) is 95.0 cm³/mol. The second-order valence-electron chi connectivity index (χ2n) is 6.74. The summed E-state index contributed by atoms with van der Waals surface area (Å²) < 4.78 is 1.79. The van der Waals surface area contributed by atoms with Crippen molar-refractivity contribution in [2.45, 2.75) is 32.2 Å². The Balaban J connectivity index is 1.73. The molecule has 1 saturated heterocycles. The minimum absolute atomic E-state index is 0.0517. The van der Waals surface area contributed by atoms with Crippen LogP contribution in [0.2, 0.25) is 0 Å². The maximum atomic E-state index is 12.8. The molecule has 5 heteroatoms. The van der Waals surface area contributed by atoms with Crippen LogP contribution in [0.25, 0.3) is 0 Å². The number of amides is 1. The smallest absolute Gasteiger partial charge is 0.253 e. The van der Waals surface area contributed by atoms with Gasteiger partial charge in [-0.05, 0) is 62.0 Å². The highest BCUT2D eigenvalue weighted by Crippen LogP contribution is 2.26. The van der Waals surface area contributed by atoms with Crippen LogP contribution in [0.1, 0.15) is 45.9 Å². The fourth-order valence-corrected chi connectivity index (χ4v) is 3.41. The van der Waals surface area contributed by atoms with Gasteiger partial charge in [-0.3, -0.25) is 9.48 Å². The van der Waals surface area contributed by atoms with E-state index in [4.69, 9.17) is 0 Å². The fraction of sp³-hybridized carbons (Fsp3) is 0.474. The van der Waals surface area contributed by atoms with Gasteiger partial charge in [0.25, 0.3) is 5.91 Å². The molecule has 0 atom stereocenters. The van der Waals surface area contributed by atoms with E-state index in [0.29, 0.717) is 12.5 Å². The van der Waals surface area contributed by atoms with Crippen LogP contribution in [0, 0.1) is 6.92 Å². The van der Waals surface area contributed by atoms with Crippen molar-refractivity contribution in [3.63, 3.8) is 0 Å². The minimum Gasteiger partial charge on any atom is -0.336 e. The Hall–Kier alpha value is -2.14. The van der Waals surface area contributed by atoms with Crippen LogP contribution in [0.15, 0.2) is 30.5 Å². The van der Waals surface area contributed by atoms with Gasteiger partial charge in [-0.25, -0.2) is 0 Å².